The summed E-state index contributed by atoms with van der Waals surface area (Å²) in [6, 6.07) is 0.0919. The Bertz CT molecular complexity index is 490. The molecule has 0 spiro atoms. The van der Waals surface area contributed by atoms with Crippen LogP contribution in [0.5, 0.6) is 0 Å². The Morgan fingerprint density at radius 2 is 2.00 bits per heavy atom. The fourth-order valence-electron chi connectivity index (χ4n) is 2.33. The third-order valence-corrected chi connectivity index (χ3v) is 6.78. The van der Waals surface area contributed by atoms with E-state index >= 15 is 0 Å². The van der Waals surface area contributed by atoms with E-state index in [1.165, 1.54) is 6.20 Å². The quantitative estimate of drug-likeness (QED) is 0.843. The zero-order valence-electron chi connectivity index (χ0n) is 9.76. The Kier molecular flexibility index (Phi) is 3.77. The largest absolute Gasteiger partial charge is 0.254 e. The number of rotatable bonds is 2. The van der Waals surface area contributed by atoms with Crippen molar-refractivity contribution in [3.05, 3.63) is 10.7 Å². The minimum absolute atomic E-state index is 0.0459. The molecule has 1 aromatic heterocycles. The fourth-order valence-corrected chi connectivity index (χ4v) is 5.61. The zero-order chi connectivity index (χ0) is 12.6. The second-order valence-corrected chi connectivity index (χ2v) is 8.08. The van der Waals surface area contributed by atoms with Crippen LogP contribution in [0.2, 0.25) is 4.47 Å². The summed E-state index contributed by atoms with van der Waals surface area (Å²) in [6.07, 6.45) is 4.25. The SMILES string of the molecule is C[C@@H]1CCC[C@H](C)N1S(=O)(=O)c1cnc(Cl)s1. The van der Waals surface area contributed by atoms with E-state index in [1.807, 2.05) is 13.8 Å². The molecule has 0 radical (unpaired) electrons. The molecule has 0 unspecified atom stereocenters. The van der Waals surface area contributed by atoms with E-state index in [9.17, 15) is 8.42 Å². The summed E-state index contributed by atoms with van der Waals surface area (Å²) in [5, 5.41) is 0. The van der Waals surface area contributed by atoms with E-state index in [1.54, 1.807) is 4.31 Å². The first-order valence-corrected chi connectivity index (χ1v) is 8.21. The van der Waals surface area contributed by atoms with Gasteiger partial charge in [0.2, 0.25) is 0 Å². The van der Waals surface area contributed by atoms with Crippen LogP contribution in [0.3, 0.4) is 0 Å². The lowest BCUT2D eigenvalue weighted by Crippen LogP contribution is -2.47. The van der Waals surface area contributed by atoms with Crippen LogP contribution in [0.1, 0.15) is 33.1 Å². The van der Waals surface area contributed by atoms with E-state index in [0.29, 0.717) is 0 Å². The molecule has 0 saturated carbocycles. The molecular weight excluding hydrogens is 280 g/mol. The van der Waals surface area contributed by atoms with Gasteiger partial charge < -0.3 is 0 Å². The number of hydrogen-bond acceptors (Lipinski definition) is 4. The predicted octanol–water partition coefficient (Wildman–Crippen LogP) is 2.75. The molecule has 2 heterocycles. The molecule has 7 heteroatoms. The lowest BCUT2D eigenvalue weighted by Gasteiger charge is -2.37. The molecule has 0 aliphatic carbocycles. The van der Waals surface area contributed by atoms with Gasteiger partial charge in [-0.15, -0.1) is 0 Å². The highest BCUT2D eigenvalue weighted by molar-refractivity contribution is 7.91. The predicted molar refractivity (Wildman–Crippen MR) is 68.9 cm³/mol. The van der Waals surface area contributed by atoms with Gasteiger partial charge in [-0.3, -0.25) is 0 Å². The van der Waals surface area contributed by atoms with Crippen LogP contribution >= 0.6 is 22.9 Å². The second-order valence-electron chi connectivity index (χ2n) is 4.40. The molecule has 1 saturated heterocycles. The Hall–Kier alpha value is -0.170. The van der Waals surface area contributed by atoms with Crippen molar-refractivity contribution in [1.82, 2.24) is 9.29 Å². The third kappa shape index (κ3) is 2.50. The number of halogens is 1. The van der Waals surface area contributed by atoms with E-state index in [4.69, 9.17) is 11.6 Å². The maximum atomic E-state index is 12.5. The van der Waals surface area contributed by atoms with Gasteiger partial charge in [0.25, 0.3) is 10.0 Å². The average molecular weight is 295 g/mol. The zero-order valence-corrected chi connectivity index (χ0v) is 12.1. The van der Waals surface area contributed by atoms with E-state index in [0.717, 1.165) is 30.6 Å². The molecule has 0 aromatic carbocycles. The highest BCUT2D eigenvalue weighted by Crippen LogP contribution is 2.32. The van der Waals surface area contributed by atoms with Crippen LogP contribution in [0.25, 0.3) is 0 Å². The van der Waals surface area contributed by atoms with Gasteiger partial charge in [0.15, 0.2) is 8.68 Å². The molecule has 1 aliphatic rings. The van der Waals surface area contributed by atoms with Gasteiger partial charge >= 0.3 is 0 Å². The fraction of sp³-hybridized carbons (Fsp3) is 0.700. The molecule has 1 aliphatic heterocycles. The molecule has 0 bridgehead atoms. The summed E-state index contributed by atoms with van der Waals surface area (Å²) < 4.78 is 27.0. The molecule has 0 amide bonds. The van der Waals surface area contributed by atoms with Gasteiger partial charge in [-0.05, 0) is 26.7 Å². The van der Waals surface area contributed by atoms with Crippen molar-refractivity contribution in [3.8, 4) is 0 Å². The molecule has 2 rings (SSSR count). The maximum absolute atomic E-state index is 12.5. The first kappa shape index (κ1) is 13.3. The summed E-state index contributed by atoms with van der Waals surface area (Å²) in [5.74, 6) is 0. The normalized spacial score (nSPS) is 27.2. The number of piperidine rings is 1. The Balaban J connectivity index is 2.37. The molecule has 1 fully saturated rings. The van der Waals surface area contributed by atoms with Gasteiger partial charge in [0.05, 0.1) is 6.20 Å². The number of nitrogens with zero attached hydrogens (tertiary/aromatic N) is 2. The van der Waals surface area contributed by atoms with Crippen molar-refractivity contribution in [2.75, 3.05) is 0 Å². The highest BCUT2D eigenvalue weighted by atomic mass is 35.5. The van der Waals surface area contributed by atoms with Gasteiger partial charge in [-0.2, -0.15) is 4.31 Å². The van der Waals surface area contributed by atoms with Crippen LogP contribution in [0, 0.1) is 0 Å². The summed E-state index contributed by atoms with van der Waals surface area (Å²) in [5.41, 5.74) is 0. The Labute approximate surface area is 111 Å². The van der Waals surface area contributed by atoms with Crippen molar-refractivity contribution >= 4 is 33.0 Å². The molecule has 0 N–H and O–H groups in total. The maximum Gasteiger partial charge on any atom is 0.254 e. The molecule has 96 valence electrons. The Morgan fingerprint density at radius 1 is 1.41 bits per heavy atom. The van der Waals surface area contributed by atoms with Crippen molar-refractivity contribution in [2.45, 2.75) is 49.4 Å². The molecule has 2 atom stereocenters. The van der Waals surface area contributed by atoms with Crippen LogP contribution in [-0.2, 0) is 10.0 Å². The molecular formula is C10H15ClN2O2S2. The molecule has 4 nitrogen and oxygen atoms in total. The lowest BCUT2D eigenvalue weighted by atomic mass is 10.0. The van der Waals surface area contributed by atoms with Gasteiger partial charge in [-0.25, -0.2) is 13.4 Å². The monoisotopic (exact) mass is 294 g/mol. The van der Waals surface area contributed by atoms with Gasteiger partial charge in [0, 0.05) is 12.1 Å². The minimum Gasteiger partial charge on any atom is -0.232 e. The Morgan fingerprint density at radius 3 is 2.47 bits per heavy atom. The third-order valence-electron chi connectivity index (χ3n) is 3.10. The van der Waals surface area contributed by atoms with Crippen molar-refractivity contribution in [1.29, 1.82) is 0 Å². The number of sulfonamides is 1. The standard InChI is InChI=1S/C10H15ClN2O2S2/c1-7-4-3-5-8(2)13(7)17(14,15)9-6-12-10(11)16-9/h6-8H,3-5H2,1-2H3/t7-,8+. The first-order chi connectivity index (χ1) is 7.93. The minimum atomic E-state index is -3.43. The smallest absolute Gasteiger partial charge is 0.232 e. The van der Waals surface area contributed by atoms with Crippen LogP contribution in [0.4, 0.5) is 0 Å². The van der Waals surface area contributed by atoms with E-state index < -0.39 is 10.0 Å². The lowest BCUT2D eigenvalue weighted by molar-refractivity contribution is 0.204. The second kappa shape index (κ2) is 4.84. The summed E-state index contributed by atoms with van der Waals surface area (Å²) in [6.45, 7) is 3.91. The van der Waals surface area contributed by atoms with Crippen LogP contribution in [0.15, 0.2) is 10.4 Å². The van der Waals surface area contributed by atoms with Crippen LogP contribution < -0.4 is 0 Å². The molecule has 17 heavy (non-hydrogen) atoms. The number of aromatic nitrogens is 1. The molecule has 1 aromatic rings. The average Bonchev–Trinajstić information content (AvgIpc) is 2.64. The summed E-state index contributed by atoms with van der Waals surface area (Å²) in [4.78, 5) is 3.81. The van der Waals surface area contributed by atoms with Crippen LogP contribution in [-0.4, -0.2) is 29.8 Å². The summed E-state index contributed by atoms with van der Waals surface area (Å²) in [7, 11) is -3.43. The van der Waals surface area contributed by atoms with E-state index in [2.05, 4.69) is 4.98 Å². The van der Waals surface area contributed by atoms with E-state index in [-0.39, 0.29) is 20.8 Å². The highest BCUT2D eigenvalue weighted by Gasteiger charge is 2.36. The van der Waals surface area contributed by atoms with Crippen molar-refractivity contribution in [3.63, 3.8) is 0 Å². The van der Waals surface area contributed by atoms with Crippen molar-refractivity contribution in [2.24, 2.45) is 0 Å². The van der Waals surface area contributed by atoms with Gasteiger partial charge in [0.1, 0.15) is 0 Å². The first-order valence-electron chi connectivity index (χ1n) is 5.58. The number of thiazole rings is 1. The van der Waals surface area contributed by atoms with Gasteiger partial charge in [-0.1, -0.05) is 29.4 Å². The number of hydrogen-bond donors (Lipinski definition) is 0. The topological polar surface area (TPSA) is 50.3 Å². The van der Waals surface area contributed by atoms with Crippen molar-refractivity contribution < 1.29 is 8.42 Å². The summed E-state index contributed by atoms with van der Waals surface area (Å²) >= 11 is 6.72.